The van der Waals surface area contributed by atoms with Crippen molar-refractivity contribution in [3.05, 3.63) is 63.8 Å². The number of phenolic OH excluding ortho intramolecular Hbond substituents is 1. The molecule has 0 aliphatic heterocycles. The highest BCUT2D eigenvalue weighted by Gasteiger charge is 2.27. The van der Waals surface area contributed by atoms with Gasteiger partial charge in [0, 0.05) is 27.7 Å². The van der Waals surface area contributed by atoms with Gasteiger partial charge in [0.2, 0.25) is 0 Å². The standard InChI is InChI=1S/C19H14ClF2NO4/c1-9-12(7-15(24)27-2)16-14(8-13(21)18(25)17(16)22)23(9)19(26)10-3-5-11(20)6-4-10/h3-6,8,25H,7H2,1-2H3. The van der Waals surface area contributed by atoms with Crippen molar-refractivity contribution in [2.24, 2.45) is 0 Å². The van der Waals surface area contributed by atoms with Gasteiger partial charge in [-0.15, -0.1) is 0 Å². The van der Waals surface area contributed by atoms with Gasteiger partial charge >= 0.3 is 5.97 Å². The fourth-order valence-corrected chi connectivity index (χ4v) is 3.10. The summed E-state index contributed by atoms with van der Waals surface area (Å²) in [5.41, 5.74) is 0.503. The second kappa shape index (κ2) is 7.00. The number of phenols is 1. The van der Waals surface area contributed by atoms with E-state index in [-0.39, 0.29) is 34.1 Å². The molecule has 0 radical (unpaired) electrons. The zero-order valence-electron chi connectivity index (χ0n) is 14.3. The van der Waals surface area contributed by atoms with Crippen LogP contribution in [0.2, 0.25) is 5.02 Å². The molecule has 0 bridgehead atoms. The Labute approximate surface area is 157 Å². The lowest BCUT2D eigenvalue weighted by Gasteiger charge is -2.08. The van der Waals surface area contributed by atoms with Crippen LogP contribution in [-0.2, 0) is 16.0 Å². The molecule has 8 heteroatoms. The summed E-state index contributed by atoms with van der Waals surface area (Å²) in [7, 11) is 1.17. The number of ether oxygens (including phenoxy) is 1. The number of fused-ring (bicyclic) bond motifs is 1. The van der Waals surface area contributed by atoms with Gasteiger partial charge in [0.1, 0.15) is 0 Å². The number of hydrogen-bond donors (Lipinski definition) is 1. The molecule has 3 rings (SSSR count). The fraction of sp³-hybridized carbons (Fsp3) is 0.158. The Balaban J connectivity index is 2.32. The second-order valence-corrected chi connectivity index (χ2v) is 6.32. The number of rotatable bonds is 3. The molecule has 1 aromatic heterocycles. The molecule has 1 N–H and O–H groups in total. The molecular formula is C19H14ClF2NO4. The molecule has 0 fully saturated rings. The minimum atomic E-state index is -1.24. The van der Waals surface area contributed by atoms with Crippen LogP contribution in [0.15, 0.2) is 30.3 Å². The van der Waals surface area contributed by atoms with Gasteiger partial charge in [0.05, 0.1) is 19.0 Å². The molecule has 3 aromatic rings. The smallest absolute Gasteiger partial charge is 0.310 e. The first kappa shape index (κ1) is 18.8. The second-order valence-electron chi connectivity index (χ2n) is 5.88. The largest absolute Gasteiger partial charge is 0.503 e. The van der Waals surface area contributed by atoms with Crippen molar-refractivity contribution in [1.82, 2.24) is 4.57 Å². The average Bonchev–Trinajstić information content (AvgIpc) is 2.91. The number of aromatic nitrogens is 1. The summed E-state index contributed by atoms with van der Waals surface area (Å²) in [4.78, 5) is 24.7. The molecule has 0 saturated carbocycles. The molecular weight excluding hydrogens is 380 g/mol. The van der Waals surface area contributed by atoms with Crippen LogP contribution in [0.3, 0.4) is 0 Å². The van der Waals surface area contributed by atoms with E-state index in [2.05, 4.69) is 4.74 Å². The van der Waals surface area contributed by atoms with Crippen LogP contribution in [0, 0.1) is 18.6 Å². The topological polar surface area (TPSA) is 68.5 Å². The highest BCUT2D eigenvalue weighted by Crippen LogP contribution is 2.35. The number of esters is 1. The first-order chi connectivity index (χ1) is 12.8. The fourth-order valence-electron chi connectivity index (χ4n) is 2.97. The maximum Gasteiger partial charge on any atom is 0.310 e. The Kier molecular flexibility index (Phi) is 4.89. The molecule has 0 unspecified atom stereocenters. The molecule has 0 aliphatic carbocycles. The average molecular weight is 394 g/mol. The Morgan fingerprint density at radius 3 is 2.44 bits per heavy atom. The number of hydrogen-bond acceptors (Lipinski definition) is 4. The third-order valence-electron chi connectivity index (χ3n) is 4.33. The first-order valence-corrected chi connectivity index (χ1v) is 8.22. The molecule has 5 nitrogen and oxygen atoms in total. The van der Waals surface area contributed by atoms with E-state index in [1.54, 1.807) is 0 Å². The van der Waals surface area contributed by atoms with Crippen LogP contribution in [0.25, 0.3) is 10.9 Å². The summed E-state index contributed by atoms with van der Waals surface area (Å²) in [5, 5.41) is 9.85. The van der Waals surface area contributed by atoms with Gasteiger partial charge in [0.15, 0.2) is 17.4 Å². The Morgan fingerprint density at radius 1 is 1.22 bits per heavy atom. The molecule has 1 heterocycles. The third-order valence-corrected chi connectivity index (χ3v) is 4.58. The van der Waals surface area contributed by atoms with Crippen molar-refractivity contribution >= 4 is 34.4 Å². The van der Waals surface area contributed by atoms with Crippen molar-refractivity contribution in [2.75, 3.05) is 7.11 Å². The molecule has 140 valence electrons. The summed E-state index contributed by atoms with van der Waals surface area (Å²) < 4.78 is 34.3. The van der Waals surface area contributed by atoms with E-state index in [0.717, 1.165) is 10.6 Å². The number of methoxy groups -OCH3 is 1. The van der Waals surface area contributed by atoms with E-state index in [0.29, 0.717) is 5.02 Å². The molecule has 0 spiro atoms. The quantitative estimate of drug-likeness (QED) is 0.683. The minimum Gasteiger partial charge on any atom is -0.503 e. The van der Waals surface area contributed by atoms with Crippen LogP contribution in [0.4, 0.5) is 8.78 Å². The van der Waals surface area contributed by atoms with Crippen LogP contribution in [0.5, 0.6) is 5.75 Å². The Hall–Kier alpha value is -2.93. The summed E-state index contributed by atoms with van der Waals surface area (Å²) in [5.74, 6) is -4.86. The molecule has 27 heavy (non-hydrogen) atoms. The van der Waals surface area contributed by atoms with Gasteiger partial charge < -0.3 is 9.84 Å². The lowest BCUT2D eigenvalue weighted by Crippen LogP contribution is -2.14. The number of benzene rings is 2. The Bertz CT molecular complexity index is 1070. The number of carbonyl (C=O) groups excluding carboxylic acids is 2. The lowest BCUT2D eigenvalue weighted by molar-refractivity contribution is -0.139. The number of halogens is 3. The number of nitrogens with zero attached hydrogens (tertiary/aromatic N) is 1. The minimum absolute atomic E-state index is 0.0980. The van der Waals surface area contributed by atoms with E-state index >= 15 is 0 Å². The van der Waals surface area contributed by atoms with Gasteiger partial charge in [-0.05, 0) is 36.8 Å². The van der Waals surface area contributed by atoms with E-state index in [4.69, 9.17) is 11.6 Å². The van der Waals surface area contributed by atoms with Gasteiger partial charge in [-0.2, -0.15) is 0 Å². The monoisotopic (exact) mass is 393 g/mol. The first-order valence-electron chi connectivity index (χ1n) is 7.84. The summed E-state index contributed by atoms with van der Waals surface area (Å²) in [6.45, 7) is 1.50. The third kappa shape index (κ3) is 3.14. The van der Waals surface area contributed by atoms with E-state index in [1.165, 1.54) is 38.3 Å². The molecule has 2 aromatic carbocycles. The van der Waals surface area contributed by atoms with Crippen LogP contribution >= 0.6 is 11.6 Å². The summed E-state index contributed by atoms with van der Waals surface area (Å²) >= 11 is 5.83. The van der Waals surface area contributed by atoms with Crippen LogP contribution in [-0.4, -0.2) is 28.7 Å². The molecule has 0 amide bonds. The van der Waals surface area contributed by atoms with Crippen molar-refractivity contribution in [2.45, 2.75) is 13.3 Å². The Morgan fingerprint density at radius 2 is 1.85 bits per heavy atom. The van der Waals surface area contributed by atoms with E-state index in [9.17, 15) is 23.5 Å². The maximum atomic E-state index is 14.6. The van der Waals surface area contributed by atoms with Crippen molar-refractivity contribution < 1.29 is 28.2 Å². The normalized spacial score (nSPS) is 11.0. The number of carbonyl (C=O) groups is 2. The van der Waals surface area contributed by atoms with Gasteiger partial charge in [-0.1, -0.05) is 11.6 Å². The van der Waals surface area contributed by atoms with Gasteiger partial charge in [-0.3, -0.25) is 14.2 Å². The van der Waals surface area contributed by atoms with Crippen LogP contribution < -0.4 is 0 Å². The van der Waals surface area contributed by atoms with Crippen molar-refractivity contribution in [3.63, 3.8) is 0 Å². The summed E-state index contributed by atoms with van der Waals surface area (Å²) in [6, 6.07) is 6.83. The van der Waals surface area contributed by atoms with Gasteiger partial charge in [-0.25, -0.2) is 8.78 Å². The number of aromatic hydroxyl groups is 1. The van der Waals surface area contributed by atoms with Gasteiger partial charge in [0.25, 0.3) is 5.91 Å². The maximum absolute atomic E-state index is 14.6. The predicted octanol–water partition coefficient (Wildman–Crippen LogP) is 3.99. The molecule has 0 saturated heterocycles. The lowest BCUT2D eigenvalue weighted by atomic mass is 10.1. The highest BCUT2D eigenvalue weighted by molar-refractivity contribution is 6.30. The van der Waals surface area contributed by atoms with E-state index < -0.39 is 29.3 Å². The van der Waals surface area contributed by atoms with Crippen molar-refractivity contribution in [1.29, 1.82) is 0 Å². The highest BCUT2D eigenvalue weighted by atomic mass is 35.5. The summed E-state index contributed by atoms with van der Waals surface area (Å²) in [6.07, 6.45) is -0.346. The van der Waals surface area contributed by atoms with Crippen LogP contribution in [0.1, 0.15) is 21.6 Å². The molecule has 0 atom stereocenters. The zero-order chi connectivity index (χ0) is 19.9. The zero-order valence-corrected chi connectivity index (χ0v) is 15.1. The van der Waals surface area contributed by atoms with E-state index in [1.807, 2.05) is 0 Å². The predicted molar refractivity (Wildman–Crippen MR) is 95.2 cm³/mol. The SMILES string of the molecule is COC(=O)Cc1c(C)n(C(=O)c2ccc(Cl)cc2)c2cc(F)c(O)c(F)c12. The molecule has 0 aliphatic rings. The van der Waals surface area contributed by atoms with Crippen molar-refractivity contribution in [3.8, 4) is 5.75 Å².